The van der Waals surface area contributed by atoms with Crippen LogP contribution < -0.4 is 5.76 Å². The Labute approximate surface area is 196 Å². The van der Waals surface area contributed by atoms with Gasteiger partial charge in [0.2, 0.25) is 0 Å². The first kappa shape index (κ1) is 22.0. The minimum absolute atomic E-state index is 0.0613. The largest absolute Gasteiger partial charge is 0.417 e. The van der Waals surface area contributed by atoms with E-state index in [9.17, 15) is 9.59 Å². The zero-order valence-electron chi connectivity index (χ0n) is 19.6. The van der Waals surface area contributed by atoms with E-state index in [0.29, 0.717) is 11.1 Å². The van der Waals surface area contributed by atoms with Gasteiger partial charge in [-0.15, -0.1) is 11.3 Å². The molecular formula is C26H28N2O4S. The predicted molar refractivity (Wildman–Crippen MR) is 131 cm³/mol. The summed E-state index contributed by atoms with van der Waals surface area (Å²) >= 11 is 1.76. The number of benzene rings is 1. The van der Waals surface area contributed by atoms with Crippen molar-refractivity contribution in [2.45, 2.75) is 72.0 Å². The fourth-order valence-electron chi connectivity index (χ4n) is 4.84. The second-order valence-corrected chi connectivity index (χ2v) is 10.9. The maximum atomic E-state index is 12.9. The Morgan fingerprint density at radius 2 is 2.00 bits per heavy atom. The molecule has 0 saturated carbocycles. The van der Waals surface area contributed by atoms with Crippen molar-refractivity contribution in [2.24, 2.45) is 0 Å². The molecule has 1 N–H and O–H groups in total. The number of aromatic amines is 1. The van der Waals surface area contributed by atoms with Gasteiger partial charge in [0.05, 0.1) is 11.1 Å². The van der Waals surface area contributed by atoms with Crippen molar-refractivity contribution in [1.82, 2.24) is 9.97 Å². The third kappa shape index (κ3) is 3.93. The lowest BCUT2D eigenvalue weighted by Crippen LogP contribution is -2.27. The average molecular weight is 465 g/mol. The van der Waals surface area contributed by atoms with Crippen LogP contribution in [-0.4, -0.2) is 21.4 Å². The minimum Gasteiger partial charge on any atom is -0.408 e. The Balaban J connectivity index is 1.88. The van der Waals surface area contributed by atoms with Crippen molar-refractivity contribution < 1.29 is 13.9 Å². The van der Waals surface area contributed by atoms with E-state index in [-0.39, 0.29) is 5.78 Å². The van der Waals surface area contributed by atoms with Gasteiger partial charge in [0.25, 0.3) is 0 Å². The first-order valence-corrected chi connectivity index (χ1v) is 12.2. The van der Waals surface area contributed by atoms with E-state index < -0.39 is 17.5 Å². The molecule has 172 valence electrons. The number of carbonyl (C=O) groups is 1. The number of Topliss-reactive ketones (excluding diaryl/α,β-unsaturated/α-hetero) is 1. The van der Waals surface area contributed by atoms with Gasteiger partial charge in [-0.1, -0.05) is 6.07 Å². The van der Waals surface area contributed by atoms with Gasteiger partial charge < -0.3 is 9.15 Å². The lowest BCUT2D eigenvalue weighted by atomic mass is 9.87. The Morgan fingerprint density at radius 1 is 1.24 bits per heavy atom. The average Bonchev–Trinajstić information content (AvgIpc) is 3.28. The topological polar surface area (TPSA) is 85.2 Å². The molecule has 7 heteroatoms. The molecule has 0 amide bonds. The van der Waals surface area contributed by atoms with Crippen LogP contribution in [0.25, 0.3) is 32.4 Å². The van der Waals surface area contributed by atoms with E-state index in [2.05, 4.69) is 4.98 Å². The van der Waals surface area contributed by atoms with Gasteiger partial charge in [0, 0.05) is 27.1 Å². The van der Waals surface area contributed by atoms with Crippen LogP contribution in [0.1, 0.15) is 68.3 Å². The van der Waals surface area contributed by atoms with Crippen LogP contribution in [0, 0.1) is 6.92 Å². The lowest BCUT2D eigenvalue weighted by Gasteiger charge is -2.29. The molecule has 0 bridgehead atoms. The normalized spacial score (nSPS) is 15.2. The monoisotopic (exact) mass is 464 g/mol. The highest BCUT2D eigenvalue weighted by Crippen LogP contribution is 2.46. The van der Waals surface area contributed by atoms with E-state index in [1.807, 2.05) is 45.9 Å². The fourth-order valence-corrected chi connectivity index (χ4v) is 6.15. The number of thiophene rings is 1. The van der Waals surface area contributed by atoms with E-state index in [1.54, 1.807) is 18.3 Å². The number of hydrogen-bond acceptors (Lipinski definition) is 6. The van der Waals surface area contributed by atoms with Crippen molar-refractivity contribution in [1.29, 1.82) is 0 Å². The molecule has 4 aromatic rings. The number of aryl methyl sites for hydroxylation is 3. The van der Waals surface area contributed by atoms with Crippen molar-refractivity contribution >= 4 is 38.4 Å². The van der Waals surface area contributed by atoms with Crippen LogP contribution in [-0.2, 0) is 22.4 Å². The highest BCUT2D eigenvalue weighted by molar-refractivity contribution is 7.19. The van der Waals surface area contributed by atoms with Gasteiger partial charge in [0.15, 0.2) is 11.4 Å². The van der Waals surface area contributed by atoms with Crippen LogP contribution in [0.15, 0.2) is 27.4 Å². The molecule has 3 aromatic heterocycles. The first-order chi connectivity index (χ1) is 15.6. The number of pyridine rings is 1. The SMILES string of the molecule is CC(=O)C(OC(C)(C)C)c1c(C)nc2sc3c(c2c1-c1ccc2[nH]c(=O)oc2c1)CCCC3. The summed E-state index contributed by atoms with van der Waals surface area (Å²) in [4.78, 5) is 34.8. The molecule has 3 heterocycles. The number of aromatic nitrogens is 2. The summed E-state index contributed by atoms with van der Waals surface area (Å²) in [6.07, 6.45) is 3.64. The Bertz CT molecular complexity index is 1450. The summed E-state index contributed by atoms with van der Waals surface area (Å²) in [5.41, 5.74) is 5.40. The maximum absolute atomic E-state index is 12.9. The number of nitrogens with zero attached hydrogens (tertiary/aromatic N) is 1. The van der Waals surface area contributed by atoms with Gasteiger partial charge in [-0.05, 0) is 83.6 Å². The van der Waals surface area contributed by atoms with E-state index in [1.165, 1.54) is 16.9 Å². The van der Waals surface area contributed by atoms with E-state index in [0.717, 1.165) is 51.9 Å². The highest BCUT2D eigenvalue weighted by Gasteiger charge is 2.32. The van der Waals surface area contributed by atoms with Gasteiger partial charge in [-0.25, -0.2) is 9.78 Å². The van der Waals surface area contributed by atoms with Crippen LogP contribution in [0.2, 0.25) is 0 Å². The molecule has 6 nitrogen and oxygen atoms in total. The molecule has 1 aliphatic rings. The van der Waals surface area contributed by atoms with Crippen molar-refractivity contribution in [2.75, 3.05) is 0 Å². The summed E-state index contributed by atoms with van der Waals surface area (Å²) < 4.78 is 11.7. The van der Waals surface area contributed by atoms with Crippen molar-refractivity contribution in [3.05, 3.63) is 50.4 Å². The quantitative estimate of drug-likeness (QED) is 0.398. The standard InChI is InChI=1S/C26H28N2O4S/c1-13-20(23(14(2)29)32-26(3,4)5)21(15-10-11-17-18(12-15)31-25(30)28-17)22-16-8-6-7-9-19(16)33-24(22)27-13/h10-12,23H,6-9H2,1-5H3,(H,28,30). The zero-order valence-corrected chi connectivity index (χ0v) is 20.4. The zero-order chi connectivity index (χ0) is 23.5. The third-order valence-electron chi connectivity index (χ3n) is 6.14. The van der Waals surface area contributed by atoms with Crippen LogP contribution >= 0.6 is 11.3 Å². The van der Waals surface area contributed by atoms with Crippen LogP contribution in [0.5, 0.6) is 0 Å². The number of oxazole rings is 1. The number of nitrogens with one attached hydrogen (secondary N) is 1. The Hall–Kier alpha value is -2.77. The smallest absolute Gasteiger partial charge is 0.408 e. The first-order valence-electron chi connectivity index (χ1n) is 11.4. The summed E-state index contributed by atoms with van der Waals surface area (Å²) in [5, 5.41) is 1.11. The molecule has 0 radical (unpaired) electrons. The molecule has 1 unspecified atom stereocenters. The van der Waals surface area contributed by atoms with Gasteiger partial charge in [-0.2, -0.15) is 0 Å². The fraction of sp³-hybridized carbons (Fsp3) is 0.423. The molecule has 5 rings (SSSR count). The molecule has 0 saturated heterocycles. The second kappa shape index (κ2) is 7.92. The highest BCUT2D eigenvalue weighted by atomic mass is 32.1. The van der Waals surface area contributed by atoms with Gasteiger partial charge in [0.1, 0.15) is 10.9 Å². The second-order valence-electron chi connectivity index (χ2n) is 9.82. The van der Waals surface area contributed by atoms with Crippen LogP contribution in [0.3, 0.4) is 0 Å². The number of ketones is 1. The molecule has 1 aromatic carbocycles. The van der Waals surface area contributed by atoms with Crippen molar-refractivity contribution in [3.8, 4) is 11.1 Å². The van der Waals surface area contributed by atoms with E-state index in [4.69, 9.17) is 14.1 Å². The minimum atomic E-state index is -0.745. The number of fused-ring (bicyclic) bond motifs is 4. The van der Waals surface area contributed by atoms with E-state index >= 15 is 0 Å². The summed E-state index contributed by atoms with van der Waals surface area (Å²) in [6, 6.07) is 5.71. The molecule has 1 aliphatic carbocycles. The maximum Gasteiger partial charge on any atom is 0.417 e. The number of ether oxygens (including phenoxy) is 1. The lowest BCUT2D eigenvalue weighted by molar-refractivity contribution is -0.138. The van der Waals surface area contributed by atoms with Crippen LogP contribution in [0.4, 0.5) is 0 Å². The summed E-state index contributed by atoms with van der Waals surface area (Å²) in [5.74, 6) is -0.544. The Kier molecular flexibility index (Phi) is 5.29. The summed E-state index contributed by atoms with van der Waals surface area (Å²) in [6.45, 7) is 9.39. The van der Waals surface area contributed by atoms with Gasteiger partial charge >= 0.3 is 5.76 Å². The number of rotatable bonds is 4. The number of hydrogen-bond donors (Lipinski definition) is 1. The number of carbonyl (C=O) groups excluding carboxylic acids is 1. The molecule has 0 spiro atoms. The van der Waals surface area contributed by atoms with Crippen molar-refractivity contribution in [3.63, 3.8) is 0 Å². The predicted octanol–water partition coefficient (Wildman–Crippen LogP) is 6.03. The third-order valence-corrected chi connectivity index (χ3v) is 7.33. The molecule has 0 fully saturated rings. The summed E-state index contributed by atoms with van der Waals surface area (Å²) in [7, 11) is 0. The number of H-pyrrole nitrogens is 1. The molecular weight excluding hydrogens is 436 g/mol. The molecule has 1 atom stereocenters. The Morgan fingerprint density at radius 3 is 2.73 bits per heavy atom. The molecule has 0 aliphatic heterocycles. The van der Waals surface area contributed by atoms with Gasteiger partial charge in [-0.3, -0.25) is 9.78 Å². The molecule has 33 heavy (non-hydrogen) atoms.